The molecule has 2 bridgehead atoms. The molecule has 2 aliphatic carbocycles. The molecule has 25 heavy (non-hydrogen) atoms. The summed E-state index contributed by atoms with van der Waals surface area (Å²) in [6, 6.07) is 0.408. The minimum atomic E-state index is -0.832. The standard InChI is InChI=1S/C18H29N3O3S/c1-18(24-8-2-5-21-6-9-23-10-7-21)16(22)20-17(25-18)19-15-12-13-3-4-14(15)11-13/h13-15H,2-12H2,1H3,(H,19,20,22)/t13?,14-,15?,18?/m1/s1. The highest BCUT2D eigenvalue weighted by Crippen LogP contribution is 2.46. The monoisotopic (exact) mass is 367 g/mol. The second kappa shape index (κ2) is 7.55. The predicted octanol–water partition coefficient (Wildman–Crippen LogP) is 1.85. The second-order valence-corrected chi connectivity index (χ2v) is 9.20. The molecule has 0 aromatic rings. The third-order valence-electron chi connectivity index (χ3n) is 6.01. The van der Waals surface area contributed by atoms with Crippen LogP contribution in [0.3, 0.4) is 0 Å². The molecule has 0 aromatic heterocycles. The highest BCUT2D eigenvalue weighted by Gasteiger charge is 2.45. The SMILES string of the molecule is CC1(OCCCN2CCOCC2)SC(=NC2CC3CC[C@@H]2C3)NC1=O. The Morgan fingerprint density at radius 2 is 2.20 bits per heavy atom. The number of hydrogen-bond acceptors (Lipinski definition) is 6. The fraction of sp³-hybridized carbons (Fsp3) is 0.889. The Labute approximate surface area is 154 Å². The summed E-state index contributed by atoms with van der Waals surface area (Å²) in [5, 5.41) is 3.71. The van der Waals surface area contributed by atoms with Gasteiger partial charge in [-0.2, -0.15) is 0 Å². The van der Waals surface area contributed by atoms with E-state index in [0.29, 0.717) is 12.6 Å². The van der Waals surface area contributed by atoms with Gasteiger partial charge < -0.3 is 14.8 Å². The molecule has 3 unspecified atom stereocenters. The fourth-order valence-electron chi connectivity index (χ4n) is 4.52. The zero-order valence-corrected chi connectivity index (χ0v) is 15.9. The molecule has 2 heterocycles. The molecule has 140 valence electrons. The molecule has 2 saturated heterocycles. The van der Waals surface area contributed by atoms with Crippen LogP contribution in [0.25, 0.3) is 0 Å². The number of hydrogen-bond donors (Lipinski definition) is 1. The molecule has 1 amide bonds. The number of carbonyl (C=O) groups excluding carboxylic acids is 1. The fourth-order valence-corrected chi connectivity index (χ4v) is 5.51. The smallest absolute Gasteiger partial charge is 0.268 e. The summed E-state index contributed by atoms with van der Waals surface area (Å²) in [4.78, 5) is 18.8. The van der Waals surface area contributed by atoms with E-state index in [1.165, 1.54) is 37.4 Å². The molecular weight excluding hydrogens is 338 g/mol. The highest BCUT2D eigenvalue weighted by molar-refractivity contribution is 8.16. The number of amides is 1. The van der Waals surface area contributed by atoms with E-state index < -0.39 is 4.93 Å². The minimum Gasteiger partial charge on any atom is -0.379 e. The van der Waals surface area contributed by atoms with Crippen LogP contribution in [0.1, 0.15) is 39.0 Å². The molecular formula is C18H29N3O3S. The summed E-state index contributed by atoms with van der Waals surface area (Å²) in [6.07, 6.45) is 6.13. The van der Waals surface area contributed by atoms with E-state index in [0.717, 1.165) is 56.3 Å². The van der Waals surface area contributed by atoms with Crippen molar-refractivity contribution in [3.63, 3.8) is 0 Å². The number of amidine groups is 1. The van der Waals surface area contributed by atoms with Crippen molar-refractivity contribution in [1.82, 2.24) is 10.2 Å². The number of morpholine rings is 1. The maximum Gasteiger partial charge on any atom is 0.268 e. The zero-order chi connectivity index (χ0) is 17.3. The first-order valence-electron chi connectivity index (χ1n) is 9.65. The molecule has 7 heteroatoms. The first-order valence-corrected chi connectivity index (χ1v) is 10.5. The Bertz CT molecular complexity index is 538. The van der Waals surface area contributed by atoms with E-state index in [1.54, 1.807) is 0 Å². The van der Waals surface area contributed by atoms with Crippen molar-refractivity contribution in [2.24, 2.45) is 16.8 Å². The van der Waals surface area contributed by atoms with E-state index >= 15 is 0 Å². The van der Waals surface area contributed by atoms with Gasteiger partial charge in [0.05, 0.1) is 25.9 Å². The summed E-state index contributed by atoms with van der Waals surface area (Å²) in [7, 11) is 0. The van der Waals surface area contributed by atoms with Crippen molar-refractivity contribution < 1.29 is 14.3 Å². The predicted molar refractivity (Wildman–Crippen MR) is 98.6 cm³/mol. The first kappa shape index (κ1) is 17.8. The van der Waals surface area contributed by atoms with Crippen LogP contribution in [-0.4, -0.2) is 66.4 Å². The van der Waals surface area contributed by atoms with Crippen LogP contribution in [0, 0.1) is 11.8 Å². The maximum absolute atomic E-state index is 12.4. The van der Waals surface area contributed by atoms with E-state index in [-0.39, 0.29) is 5.91 Å². The molecule has 1 N–H and O–H groups in total. The summed E-state index contributed by atoms with van der Waals surface area (Å²) >= 11 is 1.45. The average Bonchev–Trinajstić information content (AvgIpc) is 3.29. The molecule has 2 saturated carbocycles. The van der Waals surface area contributed by atoms with Gasteiger partial charge in [-0.3, -0.25) is 14.7 Å². The van der Waals surface area contributed by atoms with E-state index in [1.807, 2.05) is 6.92 Å². The Hall–Kier alpha value is -0.630. The van der Waals surface area contributed by atoms with Gasteiger partial charge in [-0.1, -0.05) is 6.42 Å². The number of thioether (sulfide) groups is 1. The third-order valence-corrected chi connectivity index (χ3v) is 7.10. The van der Waals surface area contributed by atoms with E-state index in [9.17, 15) is 4.79 Å². The zero-order valence-electron chi connectivity index (χ0n) is 15.0. The normalized spacial score (nSPS) is 40.1. The van der Waals surface area contributed by atoms with Gasteiger partial charge in [-0.05, 0) is 56.2 Å². The lowest BCUT2D eigenvalue weighted by Gasteiger charge is -2.27. The van der Waals surface area contributed by atoms with Gasteiger partial charge >= 0.3 is 0 Å². The molecule has 6 nitrogen and oxygen atoms in total. The Balaban J connectivity index is 1.24. The average molecular weight is 368 g/mol. The number of nitrogens with one attached hydrogen (secondary N) is 1. The minimum absolute atomic E-state index is 0.0641. The van der Waals surface area contributed by atoms with Crippen molar-refractivity contribution in [2.75, 3.05) is 39.5 Å². The lowest BCUT2D eigenvalue weighted by atomic mass is 9.96. The van der Waals surface area contributed by atoms with Crippen LogP contribution in [-0.2, 0) is 14.3 Å². The van der Waals surface area contributed by atoms with Crippen molar-refractivity contribution in [3.8, 4) is 0 Å². The first-order chi connectivity index (χ1) is 12.1. The van der Waals surface area contributed by atoms with Crippen molar-refractivity contribution >= 4 is 22.8 Å². The second-order valence-electron chi connectivity index (χ2n) is 7.83. The number of carbonyl (C=O) groups is 1. The van der Waals surface area contributed by atoms with E-state index in [2.05, 4.69) is 10.2 Å². The summed E-state index contributed by atoms with van der Waals surface area (Å²) in [5.74, 6) is 1.53. The lowest BCUT2D eigenvalue weighted by Crippen LogP contribution is -2.39. The molecule has 4 aliphatic rings. The number of ether oxygens (including phenoxy) is 2. The largest absolute Gasteiger partial charge is 0.379 e. The van der Waals surface area contributed by atoms with Crippen molar-refractivity contribution in [3.05, 3.63) is 0 Å². The van der Waals surface area contributed by atoms with Crippen LogP contribution < -0.4 is 5.32 Å². The topological polar surface area (TPSA) is 63.2 Å². The molecule has 4 rings (SSSR count). The van der Waals surface area contributed by atoms with Crippen LogP contribution in [0.15, 0.2) is 4.99 Å². The van der Waals surface area contributed by atoms with Crippen molar-refractivity contribution in [2.45, 2.75) is 50.0 Å². The number of aliphatic imine (C=N–C) groups is 1. The highest BCUT2D eigenvalue weighted by atomic mass is 32.2. The van der Waals surface area contributed by atoms with Crippen LogP contribution >= 0.6 is 11.8 Å². The van der Waals surface area contributed by atoms with Gasteiger partial charge in [-0.15, -0.1) is 0 Å². The number of fused-ring (bicyclic) bond motifs is 2. The molecule has 4 fully saturated rings. The summed E-state index contributed by atoms with van der Waals surface area (Å²) in [5.41, 5.74) is 0. The van der Waals surface area contributed by atoms with Crippen LogP contribution in [0.5, 0.6) is 0 Å². The van der Waals surface area contributed by atoms with Gasteiger partial charge in [0.25, 0.3) is 5.91 Å². The lowest BCUT2D eigenvalue weighted by molar-refractivity contribution is -0.132. The summed E-state index contributed by atoms with van der Waals surface area (Å²) < 4.78 is 11.3. The van der Waals surface area contributed by atoms with Gasteiger partial charge in [0, 0.05) is 19.6 Å². The number of nitrogens with zero attached hydrogens (tertiary/aromatic N) is 2. The van der Waals surface area contributed by atoms with Gasteiger partial charge in [0.2, 0.25) is 0 Å². The molecule has 0 spiro atoms. The van der Waals surface area contributed by atoms with Crippen LogP contribution in [0.2, 0.25) is 0 Å². The maximum atomic E-state index is 12.4. The molecule has 0 aromatic carbocycles. The van der Waals surface area contributed by atoms with Crippen LogP contribution in [0.4, 0.5) is 0 Å². The van der Waals surface area contributed by atoms with Crippen molar-refractivity contribution in [1.29, 1.82) is 0 Å². The Kier molecular flexibility index (Phi) is 5.36. The van der Waals surface area contributed by atoms with Gasteiger partial charge in [-0.25, -0.2) is 0 Å². The van der Waals surface area contributed by atoms with Gasteiger partial charge in [0.1, 0.15) is 0 Å². The van der Waals surface area contributed by atoms with Gasteiger partial charge in [0.15, 0.2) is 10.1 Å². The molecule has 0 radical (unpaired) electrons. The molecule has 2 aliphatic heterocycles. The molecule has 4 atom stereocenters. The quantitative estimate of drug-likeness (QED) is 0.726. The third kappa shape index (κ3) is 4.04. The summed E-state index contributed by atoms with van der Waals surface area (Å²) in [6.45, 7) is 7.08. The Morgan fingerprint density at radius 3 is 2.92 bits per heavy atom. The number of rotatable bonds is 6. The van der Waals surface area contributed by atoms with E-state index in [4.69, 9.17) is 14.5 Å². The Morgan fingerprint density at radius 1 is 1.36 bits per heavy atom.